The second-order valence-corrected chi connectivity index (χ2v) is 5.96. The quantitative estimate of drug-likeness (QED) is 0.873. The molecule has 126 valence electrons. The summed E-state index contributed by atoms with van der Waals surface area (Å²) in [6.45, 7) is 1.05. The van der Waals surface area contributed by atoms with Crippen molar-refractivity contribution < 1.29 is 14.3 Å². The van der Waals surface area contributed by atoms with E-state index in [0.717, 1.165) is 5.75 Å². The summed E-state index contributed by atoms with van der Waals surface area (Å²) in [5, 5.41) is 0. The Morgan fingerprint density at radius 1 is 1.29 bits per heavy atom. The second kappa shape index (κ2) is 6.74. The van der Waals surface area contributed by atoms with Crippen LogP contribution >= 0.6 is 0 Å². The van der Waals surface area contributed by atoms with Crippen LogP contribution in [0.4, 0.5) is 0 Å². The van der Waals surface area contributed by atoms with Crippen molar-refractivity contribution in [2.45, 2.75) is 0 Å². The van der Waals surface area contributed by atoms with Gasteiger partial charge in [0.2, 0.25) is 5.91 Å². The van der Waals surface area contributed by atoms with Crippen molar-refractivity contribution in [1.82, 2.24) is 14.5 Å². The zero-order valence-corrected chi connectivity index (χ0v) is 13.5. The van der Waals surface area contributed by atoms with Crippen LogP contribution in [0.3, 0.4) is 0 Å². The Labute approximate surface area is 140 Å². The molecule has 2 atom stereocenters. The van der Waals surface area contributed by atoms with E-state index in [2.05, 4.69) is 4.98 Å². The Morgan fingerprint density at radius 2 is 2.04 bits per heavy atom. The number of hydrogen-bond donors (Lipinski definition) is 1. The smallest absolute Gasteiger partial charge is 0.289 e. The normalized spacial score (nSPS) is 20.1. The van der Waals surface area contributed by atoms with Gasteiger partial charge in [-0.2, -0.15) is 0 Å². The molecular weight excluding hydrogens is 308 g/mol. The molecule has 1 fully saturated rings. The number of rotatable bonds is 5. The number of aryl methyl sites for hydroxylation is 1. The Bertz CT molecular complexity index is 728. The molecule has 7 nitrogen and oxygen atoms in total. The van der Waals surface area contributed by atoms with Gasteiger partial charge in [0.1, 0.15) is 5.75 Å². The summed E-state index contributed by atoms with van der Waals surface area (Å²) in [5.74, 6) is -0.0786. The van der Waals surface area contributed by atoms with E-state index in [0.29, 0.717) is 25.5 Å². The number of carbonyl (C=O) groups is 2. The molecule has 0 aliphatic carbocycles. The molecule has 7 heteroatoms. The number of imidazole rings is 1. The first-order valence-corrected chi connectivity index (χ1v) is 7.80. The lowest BCUT2D eigenvalue weighted by Crippen LogP contribution is -2.33. The van der Waals surface area contributed by atoms with Gasteiger partial charge < -0.3 is 19.9 Å². The maximum Gasteiger partial charge on any atom is 0.289 e. The average molecular weight is 328 g/mol. The summed E-state index contributed by atoms with van der Waals surface area (Å²) in [7, 11) is 1.76. The van der Waals surface area contributed by atoms with Crippen LogP contribution in [0.2, 0.25) is 0 Å². The van der Waals surface area contributed by atoms with Crippen molar-refractivity contribution in [3.63, 3.8) is 0 Å². The Hall–Kier alpha value is -2.83. The van der Waals surface area contributed by atoms with Gasteiger partial charge in [-0.1, -0.05) is 18.2 Å². The number of ether oxygens (including phenoxy) is 1. The molecule has 2 heterocycles. The van der Waals surface area contributed by atoms with Crippen molar-refractivity contribution in [2.24, 2.45) is 24.6 Å². The lowest BCUT2D eigenvalue weighted by molar-refractivity contribution is -0.122. The van der Waals surface area contributed by atoms with Gasteiger partial charge >= 0.3 is 0 Å². The number of nitrogens with two attached hydrogens (primary N) is 1. The second-order valence-electron chi connectivity index (χ2n) is 5.96. The van der Waals surface area contributed by atoms with Crippen molar-refractivity contribution in [2.75, 3.05) is 19.7 Å². The largest absolute Gasteiger partial charge is 0.493 e. The van der Waals surface area contributed by atoms with Crippen molar-refractivity contribution in [1.29, 1.82) is 0 Å². The first-order valence-electron chi connectivity index (χ1n) is 7.80. The van der Waals surface area contributed by atoms with Crippen LogP contribution in [0.25, 0.3) is 0 Å². The first-order chi connectivity index (χ1) is 11.6. The molecule has 1 aromatic heterocycles. The van der Waals surface area contributed by atoms with E-state index < -0.39 is 11.8 Å². The average Bonchev–Trinajstić information content (AvgIpc) is 3.19. The summed E-state index contributed by atoms with van der Waals surface area (Å²) in [6, 6.07) is 9.37. The zero-order valence-electron chi connectivity index (χ0n) is 13.5. The van der Waals surface area contributed by atoms with Gasteiger partial charge in [-0.25, -0.2) is 4.98 Å². The van der Waals surface area contributed by atoms with Gasteiger partial charge in [0, 0.05) is 38.4 Å². The van der Waals surface area contributed by atoms with E-state index in [1.165, 1.54) is 0 Å². The van der Waals surface area contributed by atoms with Gasteiger partial charge in [-0.05, 0) is 12.1 Å². The third kappa shape index (κ3) is 3.24. The monoisotopic (exact) mass is 328 g/mol. The molecule has 2 amide bonds. The van der Waals surface area contributed by atoms with Crippen LogP contribution in [-0.2, 0) is 11.8 Å². The molecule has 0 radical (unpaired) electrons. The van der Waals surface area contributed by atoms with E-state index in [4.69, 9.17) is 10.5 Å². The highest BCUT2D eigenvalue weighted by molar-refractivity contribution is 5.91. The molecule has 1 aromatic carbocycles. The minimum absolute atomic E-state index is 0.132. The third-order valence-corrected chi connectivity index (χ3v) is 4.31. The predicted octanol–water partition coefficient (Wildman–Crippen LogP) is 0.673. The minimum atomic E-state index is -0.419. The van der Waals surface area contributed by atoms with Crippen molar-refractivity contribution in [3.05, 3.63) is 48.5 Å². The van der Waals surface area contributed by atoms with Gasteiger partial charge in [0.25, 0.3) is 5.91 Å². The number of nitrogens with zero attached hydrogens (tertiary/aromatic N) is 3. The molecule has 1 aliphatic heterocycles. The molecule has 24 heavy (non-hydrogen) atoms. The van der Waals surface area contributed by atoms with Gasteiger partial charge in [0.05, 0.1) is 12.5 Å². The third-order valence-electron chi connectivity index (χ3n) is 4.31. The zero-order chi connectivity index (χ0) is 17.1. The van der Waals surface area contributed by atoms with E-state index in [9.17, 15) is 9.59 Å². The highest BCUT2D eigenvalue weighted by Crippen LogP contribution is 2.25. The molecule has 2 aromatic rings. The lowest BCUT2D eigenvalue weighted by atomic mass is 9.96. The standard InChI is InChI=1S/C17H20N4O3/c1-20-8-7-19-16(20)17(23)21-9-12(14(10-21)15(18)22)11-24-13-5-3-2-4-6-13/h2-8,12,14H,9-11H2,1H3,(H2,18,22)/t12-,14+/m0/s1. The summed E-state index contributed by atoms with van der Waals surface area (Å²) in [5.41, 5.74) is 5.51. The fourth-order valence-electron chi connectivity index (χ4n) is 2.96. The van der Waals surface area contributed by atoms with Crippen molar-refractivity contribution >= 4 is 11.8 Å². The number of benzene rings is 1. The molecule has 2 N–H and O–H groups in total. The molecule has 3 rings (SSSR count). The van der Waals surface area contributed by atoms with E-state index in [1.807, 2.05) is 30.3 Å². The number of carbonyl (C=O) groups excluding carboxylic acids is 2. The summed E-state index contributed by atoms with van der Waals surface area (Å²) in [4.78, 5) is 30.0. The number of aromatic nitrogens is 2. The molecule has 0 unspecified atom stereocenters. The number of amides is 2. The summed E-state index contributed by atoms with van der Waals surface area (Å²) < 4.78 is 7.41. The van der Waals surface area contributed by atoms with E-state index in [-0.39, 0.29) is 11.8 Å². The maximum atomic E-state index is 12.6. The van der Waals surface area contributed by atoms with E-state index >= 15 is 0 Å². The fraction of sp³-hybridized carbons (Fsp3) is 0.353. The van der Waals surface area contributed by atoms with Crippen LogP contribution in [-0.4, -0.2) is 46.0 Å². The SMILES string of the molecule is Cn1ccnc1C(=O)N1C[C@@H](COc2ccccc2)[C@H](C(N)=O)C1. The highest BCUT2D eigenvalue weighted by Gasteiger charge is 2.40. The van der Waals surface area contributed by atoms with Crippen LogP contribution in [0, 0.1) is 11.8 Å². The molecule has 0 bridgehead atoms. The lowest BCUT2D eigenvalue weighted by Gasteiger charge is -2.16. The minimum Gasteiger partial charge on any atom is -0.493 e. The number of primary amides is 1. The Kier molecular flexibility index (Phi) is 4.50. The van der Waals surface area contributed by atoms with Gasteiger partial charge in [-0.3, -0.25) is 9.59 Å². The van der Waals surface area contributed by atoms with Crippen LogP contribution in [0.5, 0.6) is 5.75 Å². The summed E-state index contributed by atoms with van der Waals surface area (Å²) >= 11 is 0. The van der Waals surface area contributed by atoms with E-state index in [1.54, 1.807) is 28.9 Å². The topological polar surface area (TPSA) is 90.4 Å². The molecule has 1 saturated heterocycles. The fourth-order valence-corrected chi connectivity index (χ4v) is 2.96. The number of para-hydroxylation sites is 1. The van der Waals surface area contributed by atoms with Crippen LogP contribution in [0.15, 0.2) is 42.7 Å². The first kappa shape index (κ1) is 16.0. The molecule has 1 aliphatic rings. The van der Waals surface area contributed by atoms with Crippen LogP contribution in [0.1, 0.15) is 10.6 Å². The molecule has 0 saturated carbocycles. The highest BCUT2D eigenvalue weighted by atomic mass is 16.5. The van der Waals surface area contributed by atoms with Crippen LogP contribution < -0.4 is 10.5 Å². The molecule has 0 spiro atoms. The predicted molar refractivity (Wildman–Crippen MR) is 87.2 cm³/mol. The van der Waals surface area contributed by atoms with Crippen molar-refractivity contribution in [3.8, 4) is 5.75 Å². The summed E-state index contributed by atoms with van der Waals surface area (Å²) in [6.07, 6.45) is 3.29. The maximum absolute atomic E-state index is 12.6. The van der Waals surface area contributed by atoms with Gasteiger partial charge in [0.15, 0.2) is 5.82 Å². The number of hydrogen-bond acceptors (Lipinski definition) is 4. The Morgan fingerprint density at radius 3 is 2.67 bits per heavy atom. The molecular formula is C17H20N4O3. The van der Waals surface area contributed by atoms with Gasteiger partial charge in [-0.15, -0.1) is 0 Å². The number of likely N-dealkylation sites (tertiary alicyclic amines) is 1. The Balaban J connectivity index is 1.69.